The quantitative estimate of drug-likeness (QED) is 0.868. The topological polar surface area (TPSA) is 57.6 Å². The Morgan fingerprint density at radius 2 is 1.90 bits per heavy atom. The predicted molar refractivity (Wildman–Crippen MR) is 70.6 cm³/mol. The lowest BCUT2D eigenvalue weighted by molar-refractivity contribution is -0.177. The number of carbonyl (C=O) groups is 2. The minimum absolute atomic E-state index is 0.211. The number of alkyl halides is 3. The maximum atomic E-state index is 12.5. The summed E-state index contributed by atoms with van der Waals surface area (Å²) in [6.07, 6.45) is -3.68. The molecular weight excluding hydrogens is 287 g/mol. The van der Waals surface area contributed by atoms with Gasteiger partial charge in [0.15, 0.2) is 0 Å². The van der Waals surface area contributed by atoms with Crippen molar-refractivity contribution in [2.24, 2.45) is 17.3 Å². The minimum atomic E-state index is -4.38. The number of halogens is 3. The first kappa shape index (κ1) is 17.8. The molecule has 7 heteroatoms. The van der Waals surface area contributed by atoms with Gasteiger partial charge in [0.25, 0.3) is 0 Å². The molecule has 1 aliphatic rings. The van der Waals surface area contributed by atoms with Gasteiger partial charge in [-0.3, -0.25) is 9.59 Å². The van der Waals surface area contributed by atoms with Gasteiger partial charge < -0.3 is 10.0 Å². The molecule has 1 aliphatic heterocycles. The van der Waals surface area contributed by atoms with Gasteiger partial charge in [-0.1, -0.05) is 6.92 Å². The van der Waals surface area contributed by atoms with Crippen molar-refractivity contribution in [3.05, 3.63) is 0 Å². The first-order chi connectivity index (χ1) is 9.46. The average molecular weight is 309 g/mol. The molecule has 0 aliphatic carbocycles. The highest BCUT2D eigenvalue weighted by atomic mass is 19.4. The van der Waals surface area contributed by atoms with Crippen LogP contribution in [0, 0.1) is 17.3 Å². The van der Waals surface area contributed by atoms with Gasteiger partial charge in [0.2, 0.25) is 5.91 Å². The van der Waals surface area contributed by atoms with Crippen molar-refractivity contribution in [3.8, 4) is 0 Å². The lowest BCUT2D eigenvalue weighted by Crippen LogP contribution is -2.47. The van der Waals surface area contributed by atoms with E-state index in [2.05, 4.69) is 0 Å². The molecule has 2 atom stereocenters. The second-order valence-corrected chi connectivity index (χ2v) is 6.35. The number of carbonyl (C=O) groups excluding carboxylic acids is 1. The monoisotopic (exact) mass is 309 g/mol. The van der Waals surface area contributed by atoms with Crippen molar-refractivity contribution < 1.29 is 27.9 Å². The molecule has 2 unspecified atom stereocenters. The molecule has 1 N–H and O–H groups in total. The van der Waals surface area contributed by atoms with Gasteiger partial charge in [-0.2, -0.15) is 13.2 Å². The average Bonchev–Trinajstić information content (AvgIpc) is 2.37. The Labute approximate surface area is 122 Å². The Morgan fingerprint density at radius 1 is 1.33 bits per heavy atom. The Morgan fingerprint density at radius 3 is 2.38 bits per heavy atom. The highest BCUT2D eigenvalue weighted by molar-refractivity contribution is 5.77. The van der Waals surface area contributed by atoms with Crippen molar-refractivity contribution in [2.45, 2.75) is 46.2 Å². The van der Waals surface area contributed by atoms with Crippen LogP contribution < -0.4 is 0 Å². The summed E-state index contributed by atoms with van der Waals surface area (Å²) in [5.74, 6) is -3.43. The molecule has 0 radical (unpaired) electrons. The summed E-state index contributed by atoms with van der Waals surface area (Å²) in [6, 6.07) is 0. The van der Waals surface area contributed by atoms with E-state index in [0.717, 1.165) is 6.92 Å². The Kier molecular flexibility index (Phi) is 5.28. The van der Waals surface area contributed by atoms with Crippen molar-refractivity contribution in [1.29, 1.82) is 0 Å². The molecule has 0 aromatic rings. The van der Waals surface area contributed by atoms with Gasteiger partial charge >= 0.3 is 12.1 Å². The fourth-order valence-corrected chi connectivity index (χ4v) is 2.47. The van der Waals surface area contributed by atoms with Crippen LogP contribution in [0.3, 0.4) is 0 Å². The van der Waals surface area contributed by atoms with Gasteiger partial charge in [0, 0.05) is 19.5 Å². The van der Waals surface area contributed by atoms with Crippen LogP contribution in [-0.4, -0.2) is 41.1 Å². The number of carboxylic acids is 1. The number of rotatable bonds is 4. The first-order valence-corrected chi connectivity index (χ1v) is 7.04. The summed E-state index contributed by atoms with van der Waals surface area (Å²) in [7, 11) is 0. The zero-order valence-corrected chi connectivity index (χ0v) is 12.5. The highest BCUT2D eigenvalue weighted by Gasteiger charge is 2.42. The predicted octanol–water partition coefficient (Wildman–Crippen LogP) is 2.92. The van der Waals surface area contributed by atoms with E-state index in [1.54, 1.807) is 13.8 Å². The molecule has 1 fully saturated rings. The molecule has 0 saturated carbocycles. The van der Waals surface area contributed by atoms with E-state index in [-0.39, 0.29) is 12.5 Å². The van der Waals surface area contributed by atoms with Gasteiger partial charge in [0.1, 0.15) is 0 Å². The van der Waals surface area contributed by atoms with E-state index in [0.29, 0.717) is 19.4 Å². The normalized spacial score (nSPS) is 22.0. The molecule has 4 nitrogen and oxygen atoms in total. The van der Waals surface area contributed by atoms with E-state index in [1.165, 1.54) is 4.90 Å². The molecule has 0 aromatic carbocycles. The summed E-state index contributed by atoms with van der Waals surface area (Å²) in [5, 5.41) is 9.22. The zero-order valence-electron chi connectivity index (χ0n) is 12.5. The molecule has 1 saturated heterocycles. The van der Waals surface area contributed by atoms with E-state index < -0.39 is 35.8 Å². The van der Waals surface area contributed by atoms with Crippen LogP contribution in [0.2, 0.25) is 0 Å². The largest absolute Gasteiger partial charge is 0.481 e. The lowest BCUT2D eigenvalue weighted by Gasteiger charge is -2.39. The third-order valence-corrected chi connectivity index (χ3v) is 4.39. The van der Waals surface area contributed by atoms with Crippen molar-refractivity contribution in [1.82, 2.24) is 4.90 Å². The number of amides is 1. The third-order valence-electron chi connectivity index (χ3n) is 4.39. The van der Waals surface area contributed by atoms with E-state index in [1.807, 2.05) is 0 Å². The van der Waals surface area contributed by atoms with E-state index in [9.17, 15) is 27.9 Å². The van der Waals surface area contributed by atoms with Crippen LogP contribution in [0.15, 0.2) is 0 Å². The second kappa shape index (κ2) is 6.23. The summed E-state index contributed by atoms with van der Waals surface area (Å²) >= 11 is 0. The van der Waals surface area contributed by atoms with Crippen molar-refractivity contribution in [3.63, 3.8) is 0 Å². The molecule has 1 amide bonds. The van der Waals surface area contributed by atoms with Crippen LogP contribution in [0.5, 0.6) is 0 Å². The van der Waals surface area contributed by atoms with Crippen LogP contribution >= 0.6 is 0 Å². The maximum absolute atomic E-state index is 12.5. The van der Waals surface area contributed by atoms with Crippen molar-refractivity contribution >= 4 is 11.9 Å². The van der Waals surface area contributed by atoms with Crippen LogP contribution in [0.4, 0.5) is 13.2 Å². The van der Waals surface area contributed by atoms with Crippen LogP contribution in [-0.2, 0) is 9.59 Å². The molecular formula is C14H22F3NO3. The number of aliphatic carboxylic acids is 1. The highest BCUT2D eigenvalue weighted by Crippen LogP contribution is 2.35. The SMILES string of the molecule is CC(CC(=O)N1CCCC(C(C)(C)C(=O)O)C1)C(F)(F)F. The number of carboxylic acid groups (broad SMARTS) is 1. The standard InChI is InChI=1S/C14H22F3NO3/c1-9(14(15,16)17)7-11(19)18-6-4-5-10(8-18)13(2,3)12(20)21/h9-10H,4-8H2,1-3H3,(H,20,21). The molecule has 0 spiro atoms. The molecule has 21 heavy (non-hydrogen) atoms. The summed E-state index contributed by atoms with van der Waals surface area (Å²) in [5.41, 5.74) is -0.991. The zero-order chi connectivity index (χ0) is 16.4. The van der Waals surface area contributed by atoms with E-state index >= 15 is 0 Å². The number of hydrogen-bond acceptors (Lipinski definition) is 2. The third kappa shape index (κ3) is 4.35. The first-order valence-electron chi connectivity index (χ1n) is 7.04. The van der Waals surface area contributed by atoms with E-state index in [4.69, 9.17) is 0 Å². The summed E-state index contributed by atoms with van der Waals surface area (Å²) in [4.78, 5) is 24.6. The summed E-state index contributed by atoms with van der Waals surface area (Å²) < 4.78 is 37.5. The fraction of sp³-hybridized carbons (Fsp3) is 0.857. The molecule has 122 valence electrons. The lowest BCUT2D eigenvalue weighted by atomic mass is 9.74. The van der Waals surface area contributed by atoms with Crippen LogP contribution in [0.25, 0.3) is 0 Å². The number of piperidine rings is 1. The minimum Gasteiger partial charge on any atom is -0.481 e. The fourth-order valence-electron chi connectivity index (χ4n) is 2.47. The molecule has 0 bridgehead atoms. The molecule has 1 heterocycles. The number of likely N-dealkylation sites (tertiary alicyclic amines) is 1. The molecule has 0 aromatic heterocycles. The maximum Gasteiger partial charge on any atom is 0.392 e. The smallest absolute Gasteiger partial charge is 0.392 e. The van der Waals surface area contributed by atoms with Crippen LogP contribution in [0.1, 0.15) is 40.0 Å². The second-order valence-electron chi connectivity index (χ2n) is 6.35. The van der Waals surface area contributed by atoms with Gasteiger partial charge in [-0.05, 0) is 32.6 Å². The number of nitrogens with zero attached hydrogens (tertiary/aromatic N) is 1. The Hall–Kier alpha value is -1.27. The van der Waals surface area contributed by atoms with Gasteiger partial charge in [-0.25, -0.2) is 0 Å². The summed E-state index contributed by atoms with van der Waals surface area (Å²) in [6.45, 7) is 4.78. The van der Waals surface area contributed by atoms with Gasteiger partial charge in [0.05, 0.1) is 11.3 Å². The number of hydrogen-bond donors (Lipinski definition) is 1. The van der Waals surface area contributed by atoms with Crippen molar-refractivity contribution in [2.75, 3.05) is 13.1 Å². The molecule has 1 rings (SSSR count). The Balaban J connectivity index is 2.69. The van der Waals surface area contributed by atoms with Gasteiger partial charge in [-0.15, -0.1) is 0 Å². The Bertz CT molecular complexity index is 407.